The lowest BCUT2D eigenvalue weighted by atomic mass is 10.1. The van der Waals surface area contributed by atoms with Gasteiger partial charge in [0, 0.05) is 30.3 Å². The van der Waals surface area contributed by atoms with Crippen LogP contribution in [0.4, 0.5) is 5.69 Å². The van der Waals surface area contributed by atoms with Crippen molar-refractivity contribution in [3.05, 3.63) is 41.5 Å². The number of hydrogen-bond acceptors (Lipinski definition) is 3. The second-order valence-electron chi connectivity index (χ2n) is 5.84. The molecule has 6 heteroatoms. The lowest BCUT2D eigenvalue weighted by Gasteiger charge is -2.14. The van der Waals surface area contributed by atoms with Crippen LogP contribution in [-0.2, 0) is 4.79 Å². The highest BCUT2D eigenvalue weighted by Gasteiger charge is 2.29. The van der Waals surface area contributed by atoms with Gasteiger partial charge in [0.15, 0.2) is 0 Å². The molecule has 124 valence electrons. The van der Waals surface area contributed by atoms with Gasteiger partial charge in [0.25, 0.3) is 5.91 Å². The van der Waals surface area contributed by atoms with Gasteiger partial charge in [-0.15, -0.1) is 12.4 Å². The van der Waals surface area contributed by atoms with E-state index in [0.717, 1.165) is 32.4 Å². The molecule has 2 aliphatic rings. The molecule has 0 radical (unpaired) electrons. The SMILES string of the molecule is Cl.O=C(NCC1=CCNCC1)c1cccc(NC(=O)C2CC2)c1. The molecular formula is C17H22ClN3O2. The van der Waals surface area contributed by atoms with E-state index in [4.69, 9.17) is 0 Å². The monoisotopic (exact) mass is 335 g/mol. The summed E-state index contributed by atoms with van der Waals surface area (Å²) in [6, 6.07) is 7.10. The number of hydrogen-bond donors (Lipinski definition) is 3. The molecule has 1 aliphatic carbocycles. The van der Waals surface area contributed by atoms with E-state index in [1.54, 1.807) is 18.2 Å². The molecule has 1 heterocycles. The van der Waals surface area contributed by atoms with Crippen LogP contribution in [0, 0.1) is 5.92 Å². The van der Waals surface area contributed by atoms with Crippen LogP contribution in [0.2, 0.25) is 0 Å². The summed E-state index contributed by atoms with van der Waals surface area (Å²) >= 11 is 0. The van der Waals surface area contributed by atoms with Gasteiger partial charge in [0.1, 0.15) is 0 Å². The normalized spacial score (nSPS) is 16.8. The Morgan fingerprint density at radius 1 is 1.26 bits per heavy atom. The molecule has 3 N–H and O–H groups in total. The van der Waals surface area contributed by atoms with Crippen molar-refractivity contribution >= 4 is 29.9 Å². The fraction of sp³-hybridized carbons (Fsp3) is 0.412. The summed E-state index contributed by atoms with van der Waals surface area (Å²) in [5, 5.41) is 9.05. The van der Waals surface area contributed by atoms with Crippen molar-refractivity contribution in [2.45, 2.75) is 19.3 Å². The Labute approximate surface area is 142 Å². The molecule has 0 saturated heterocycles. The fourth-order valence-corrected chi connectivity index (χ4v) is 2.45. The molecule has 0 unspecified atom stereocenters. The molecule has 1 aromatic rings. The second kappa shape index (κ2) is 8.13. The first-order valence-electron chi connectivity index (χ1n) is 7.80. The molecule has 1 saturated carbocycles. The fourth-order valence-electron chi connectivity index (χ4n) is 2.45. The first-order chi connectivity index (χ1) is 10.7. The quantitative estimate of drug-likeness (QED) is 0.722. The highest BCUT2D eigenvalue weighted by atomic mass is 35.5. The number of rotatable bonds is 5. The Hall–Kier alpha value is -1.85. The minimum absolute atomic E-state index is 0. The molecule has 5 nitrogen and oxygen atoms in total. The number of anilines is 1. The third-order valence-electron chi connectivity index (χ3n) is 3.97. The molecule has 0 spiro atoms. The van der Waals surface area contributed by atoms with E-state index >= 15 is 0 Å². The van der Waals surface area contributed by atoms with Crippen LogP contribution in [-0.4, -0.2) is 31.4 Å². The Morgan fingerprint density at radius 2 is 2.09 bits per heavy atom. The number of carbonyl (C=O) groups excluding carboxylic acids is 2. The van der Waals surface area contributed by atoms with Crippen LogP contribution in [0.25, 0.3) is 0 Å². The van der Waals surface area contributed by atoms with E-state index in [1.165, 1.54) is 5.57 Å². The number of nitrogens with one attached hydrogen (secondary N) is 3. The van der Waals surface area contributed by atoms with E-state index < -0.39 is 0 Å². The number of amides is 2. The molecule has 1 aromatic carbocycles. The van der Waals surface area contributed by atoms with E-state index in [1.807, 2.05) is 6.07 Å². The van der Waals surface area contributed by atoms with Gasteiger partial charge in [-0.3, -0.25) is 9.59 Å². The van der Waals surface area contributed by atoms with Gasteiger partial charge in [-0.2, -0.15) is 0 Å². The summed E-state index contributed by atoms with van der Waals surface area (Å²) in [5.41, 5.74) is 2.51. The van der Waals surface area contributed by atoms with Crippen LogP contribution in [0.5, 0.6) is 0 Å². The molecule has 0 bridgehead atoms. The van der Waals surface area contributed by atoms with Gasteiger partial charge in [-0.1, -0.05) is 17.7 Å². The van der Waals surface area contributed by atoms with Crippen molar-refractivity contribution in [1.29, 1.82) is 0 Å². The third-order valence-corrected chi connectivity index (χ3v) is 3.97. The van der Waals surface area contributed by atoms with Crippen molar-refractivity contribution in [2.24, 2.45) is 5.92 Å². The first-order valence-corrected chi connectivity index (χ1v) is 7.80. The minimum atomic E-state index is -0.109. The molecule has 2 amide bonds. The van der Waals surface area contributed by atoms with E-state index in [0.29, 0.717) is 17.8 Å². The minimum Gasteiger partial charge on any atom is -0.348 e. The standard InChI is InChI=1S/C17H21N3O2.ClH/c21-16(19-11-12-6-8-18-9-7-12)14-2-1-3-15(10-14)20-17(22)13-4-5-13;/h1-3,6,10,13,18H,4-5,7-9,11H2,(H,19,21)(H,20,22);1H. The van der Waals surface area contributed by atoms with Gasteiger partial charge in [-0.25, -0.2) is 0 Å². The van der Waals surface area contributed by atoms with Crippen LogP contribution in [0.15, 0.2) is 35.9 Å². The number of benzene rings is 1. The summed E-state index contributed by atoms with van der Waals surface area (Å²) in [5.74, 6) is 0.101. The predicted octanol–water partition coefficient (Wildman–Crippen LogP) is 2.11. The summed E-state index contributed by atoms with van der Waals surface area (Å²) in [4.78, 5) is 24.0. The number of halogens is 1. The Bertz CT molecular complexity index is 612. The molecule has 1 aliphatic heterocycles. The third kappa shape index (κ3) is 5.08. The van der Waals surface area contributed by atoms with Crippen molar-refractivity contribution < 1.29 is 9.59 Å². The zero-order valence-electron chi connectivity index (χ0n) is 12.9. The molecule has 0 atom stereocenters. The van der Waals surface area contributed by atoms with E-state index in [-0.39, 0.29) is 30.1 Å². The molecular weight excluding hydrogens is 314 g/mol. The zero-order chi connectivity index (χ0) is 15.4. The molecule has 0 aromatic heterocycles. The van der Waals surface area contributed by atoms with Crippen molar-refractivity contribution in [2.75, 3.05) is 25.0 Å². The van der Waals surface area contributed by atoms with E-state index in [2.05, 4.69) is 22.0 Å². The van der Waals surface area contributed by atoms with Gasteiger partial charge in [0.05, 0.1) is 0 Å². The van der Waals surface area contributed by atoms with Gasteiger partial charge >= 0.3 is 0 Å². The van der Waals surface area contributed by atoms with Crippen LogP contribution >= 0.6 is 12.4 Å². The van der Waals surface area contributed by atoms with Crippen molar-refractivity contribution in [1.82, 2.24) is 10.6 Å². The van der Waals surface area contributed by atoms with Crippen LogP contribution in [0.3, 0.4) is 0 Å². The van der Waals surface area contributed by atoms with Crippen molar-refractivity contribution in [3.8, 4) is 0 Å². The maximum absolute atomic E-state index is 12.2. The lowest BCUT2D eigenvalue weighted by molar-refractivity contribution is -0.117. The van der Waals surface area contributed by atoms with Gasteiger partial charge in [-0.05, 0) is 44.0 Å². The first kappa shape index (κ1) is 17.5. The number of carbonyl (C=O) groups is 2. The topological polar surface area (TPSA) is 70.2 Å². The average Bonchev–Trinajstić information content (AvgIpc) is 3.39. The van der Waals surface area contributed by atoms with Gasteiger partial charge < -0.3 is 16.0 Å². The van der Waals surface area contributed by atoms with E-state index in [9.17, 15) is 9.59 Å². The maximum Gasteiger partial charge on any atom is 0.251 e. The molecule has 23 heavy (non-hydrogen) atoms. The van der Waals surface area contributed by atoms with Crippen LogP contribution in [0.1, 0.15) is 29.6 Å². The summed E-state index contributed by atoms with van der Waals surface area (Å²) in [6.45, 7) is 2.41. The Kier molecular flexibility index (Phi) is 6.19. The Balaban J connectivity index is 0.00000192. The average molecular weight is 336 g/mol. The Morgan fingerprint density at radius 3 is 2.78 bits per heavy atom. The summed E-state index contributed by atoms with van der Waals surface area (Å²) < 4.78 is 0. The second-order valence-corrected chi connectivity index (χ2v) is 5.84. The molecule has 3 rings (SSSR count). The predicted molar refractivity (Wildman–Crippen MR) is 92.9 cm³/mol. The summed E-state index contributed by atoms with van der Waals surface area (Å²) in [6.07, 6.45) is 5.03. The van der Waals surface area contributed by atoms with Crippen molar-refractivity contribution in [3.63, 3.8) is 0 Å². The lowest BCUT2D eigenvalue weighted by Crippen LogP contribution is -2.29. The highest BCUT2D eigenvalue weighted by molar-refractivity contribution is 5.98. The van der Waals surface area contributed by atoms with Gasteiger partial charge in [0.2, 0.25) is 5.91 Å². The smallest absolute Gasteiger partial charge is 0.251 e. The molecule has 1 fully saturated rings. The largest absolute Gasteiger partial charge is 0.348 e. The highest BCUT2D eigenvalue weighted by Crippen LogP contribution is 2.30. The van der Waals surface area contributed by atoms with Crippen LogP contribution < -0.4 is 16.0 Å². The maximum atomic E-state index is 12.2. The summed E-state index contributed by atoms with van der Waals surface area (Å²) in [7, 11) is 0. The zero-order valence-corrected chi connectivity index (χ0v) is 13.7.